The van der Waals surface area contributed by atoms with Crippen molar-refractivity contribution in [1.82, 2.24) is 24.7 Å². The number of rotatable bonds is 4. The third kappa shape index (κ3) is 2.92. The molecule has 0 aliphatic carbocycles. The zero-order chi connectivity index (χ0) is 18.1. The highest BCUT2D eigenvalue weighted by Crippen LogP contribution is 2.36. The number of carbonyl (C=O) groups excluding carboxylic acids is 1. The first kappa shape index (κ1) is 16.9. The predicted molar refractivity (Wildman–Crippen MR) is 98.6 cm³/mol. The van der Waals surface area contributed by atoms with Crippen molar-refractivity contribution >= 4 is 33.3 Å². The van der Waals surface area contributed by atoms with Crippen LogP contribution in [0.25, 0.3) is 10.2 Å². The number of carbonyl (C=O) groups is 1. The van der Waals surface area contributed by atoms with Gasteiger partial charge in [-0.15, -0.1) is 11.3 Å². The molecule has 3 aromatic rings. The summed E-state index contributed by atoms with van der Waals surface area (Å²) in [6.07, 6.45) is 6.88. The van der Waals surface area contributed by atoms with E-state index >= 15 is 0 Å². The van der Waals surface area contributed by atoms with Gasteiger partial charge in [0.2, 0.25) is 0 Å². The van der Waals surface area contributed by atoms with E-state index in [1.54, 1.807) is 19.0 Å². The summed E-state index contributed by atoms with van der Waals surface area (Å²) in [4.78, 5) is 28.9. The number of ether oxygens (including phenoxy) is 1. The Balaban J connectivity index is 1.62. The fourth-order valence-electron chi connectivity index (χ4n) is 3.43. The number of aryl methyl sites for hydroxylation is 1. The van der Waals surface area contributed by atoms with Crippen molar-refractivity contribution in [3.8, 4) is 0 Å². The summed E-state index contributed by atoms with van der Waals surface area (Å²) in [7, 11) is 0. The Kier molecular flexibility index (Phi) is 4.54. The van der Waals surface area contributed by atoms with Crippen LogP contribution in [0.4, 0.5) is 5.82 Å². The van der Waals surface area contributed by atoms with Crippen LogP contribution in [0.15, 0.2) is 19.0 Å². The van der Waals surface area contributed by atoms with Crippen molar-refractivity contribution in [1.29, 1.82) is 0 Å². The van der Waals surface area contributed by atoms with E-state index in [0.29, 0.717) is 17.5 Å². The highest BCUT2D eigenvalue weighted by molar-refractivity contribution is 7.20. The van der Waals surface area contributed by atoms with E-state index < -0.39 is 0 Å². The van der Waals surface area contributed by atoms with E-state index in [0.717, 1.165) is 47.5 Å². The van der Waals surface area contributed by atoms with E-state index in [9.17, 15) is 4.79 Å². The van der Waals surface area contributed by atoms with Gasteiger partial charge in [-0.25, -0.2) is 24.4 Å². The average Bonchev–Trinajstić information content (AvgIpc) is 3.31. The highest BCUT2D eigenvalue weighted by Gasteiger charge is 2.26. The fourth-order valence-corrected chi connectivity index (χ4v) is 4.47. The van der Waals surface area contributed by atoms with Crippen molar-refractivity contribution < 1.29 is 9.53 Å². The van der Waals surface area contributed by atoms with Gasteiger partial charge in [-0.1, -0.05) is 0 Å². The molecule has 4 rings (SSSR count). The molecule has 1 saturated heterocycles. The van der Waals surface area contributed by atoms with Gasteiger partial charge >= 0.3 is 5.97 Å². The first-order chi connectivity index (χ1) is 12.7. The number of piperidine rings is 1. The lowest BCUT2D eigenvalue weighted by molar-refractivity contribution is 0.0531. The second-order valence-corrected chi connectivity index (χ2v) is 7.25. The standard InChI is InChI=1S/C17H20N6O2S/c1-3-25-17(24)14-11(2)13-15(19-9-20-16(13)26-14)22-6-4-12(5-7-22)23-10-18-8-21-23/h8-10,12H,3-7H2,1-2H3. The van der Waals surface area contributed by atoms with Gasteiger partial charge in [-0.3, -0.25) is 0 Å². The number of nitrogens with zero attached hydrogens (tertiary/aromatic N) is 6. The van der Waals surface area contributed by atoms with Crippen LogP contribution in [0.1, 0.15) is 41.0 Å². The van der Waals surface area contributed by atoms with Crippen LogP contribution in [-0.2, 0) is 4.74 Å². The number of aromatic nitrogens is 5. The molecule has 136 valence electrons. The first-order valence-corrected chi connectivity index (χ1v) is 9.51. The first-order valence-electron chi connectivity index (χ1n) is 8.69. The van der Waals surface area contributed by atoms with Gasteiger partial charge in [0.15, 0.2) is 0 Å². The molecule has 0 saturated carbocycles. The lowest BCUT2D eigenvalue weighted by atomic mass is 10.0. The Hall–Kier alpha value is -2.55. The molecule has 3 aromatic heterocycles. The molecule has 8 nitrogen and oxygen atoms in total. The van der Waals surface area contributed by atoms with Crippen LogP contribution in [-0.4, -0.2) is 50.4 Å². The smallest absolute Gasteiger partial charge is 0.348 e. The predicted octanol–water partition coefficient (Wildman–Crippen LogP) is 2.61. The molecule has 26 heavy (non-hydrogen) atoms. The van der Waals surface area contributed by atoms with Crippen LogP contribution >= 0.6 is 11.3 Å². The number of hydrogen-bond acceptors (Lipinski definition) is 8. The molecular weight excluding hydrogens is 352 g/mol. The number of fused-ring (bicyclic) bond motifs is 1. The summed E-state index contributed by atoms with van der Waals surface area (Å²) in [5.74, 6) is 0.611. The van der Waals surface area contributed by atoms with E-state index in [-0.39, 0.29) is 5.97 Å². The van der Waals surface area contributed by atoms with Crippen molar-refractivity contribution in [2.24, 2.45) is 0 Å². The molecule has 0 amide bonds. The van der Waals surface area contributed by atoms with Crippen molar-refractivity contribution in [2.75, 3.05) is 24.6 Å². The zero-order valence-electron chi connectivity index (χ0n) is 14.8. The number of thiophene rings is 1. The molecule has 1 aliphatic heterocycles. The Labute approximate surface area is 154 Å². The summed E-state index contributed by atoms with van der Waals surface area (Å²) in [6.45, 7) is 5.87. The lowest BCUT2D eigenvalue weighted by Gasteiger charge is -2.33. The van der Waals surface area contributed by atoms with Crippen molar-refractivity contribution in [2.45, 2.75) is 32.7 Å². The Bertz CT molecular complexity index is 915. The number of esters is 1. The van der Waals surface area contributed by atoms with Crippen molar-refractivity contribution in [3.05, 3.63) is 29.4 Å². The van der Waals surface area contributed by atoms with Crippen LogP contribution < -0.4 is 4.90 Å². The fraction of sp³-hybridized carbons (Fsp3) is 0.471. The summed E-state index contributed by atoms with van der Waals surface area (Å²) in [5.41, 5.74) is 0.900. The second-order valence-electron chi connectivity index (χ2n) is 6.25. The maximum Gasteiger partial charge on any atom is 0.348 e. The molecule has 1 fully saturated rings. The average molecular weight is 372 g/mol. The normalized spacial score (nSPS) is 15.5. The quantitative estimate of drug-likeness (QED) is 0.651. The van der Waals surface area contributed by atoms with Gasteiger partial charge in [0.1, 0.15) is 34.5 Å². The lowest BCUT2D eigenvalue weighted by Crippen LogP contribution is -2.35. The van der Waals surface area contributed by atoms with Crippen molar-refractivity contribution in [3.63, 3.8) is 0 Å². The second kappa shape index (κ2) is 6.99. The minimum atomic E-state index is -0.288. The van der Waals surface area contributed by atoms with Crippen LogP contribution in [0.3, 0.4) is 0 Å². The Morgan fingerprint density at radius 3 is 2.81 bits per heavy atom. The summed E-state index contributed by atoms with van der Waals surface area (Å²) < 4.78 is 7.11. The molecule has 0 atom stereocenters. The van der Waals surface area contributed by atoms with E-state index in [1.807, 2.05) is 18.5 Å². The zero-order valence-corrected chi connectivity index (χ0v) is 15.6. The topological polar surface area (TPSA) is 86.0 Å². The van der Waals surface area contributed by atoms with Gasteiger partial charge < -0.3 is 9.64 Å². The van der Waals surface area contributed by atoms with Gasteiger partial charge in [0.25, 0.3) is 0 Å². The van der Waals surface area contributed by atoms with E-state index in [1.165, 1.54) is 11.3 Å². The van der Waals surface area contributed by atoms with Gasteiger partial charge in [0, 0.05) is 13.1 Å². The molecular formula is C17H20N6O2S. The van der Waals surface area contributed by atoms with Gasteiger partial charge in [-0.05, 0) is 32.3 Å². The van der Waals surface area contributed by atoms with Crippen LogP contribution in [0.5, 0.6) is 0 Å². The van der Waals surface area contributed by atoms with Crippen LogP contribution in [0.2, 0.25) is 0 Å². The number of anilines is 1. The minimum absolute atomic E-state index is 0.288. The number of hydrogen-bond donors (Lipinski definition) is 0. The molecule has 0 bridgehead atoms. The molecule has 9 heteroatoms. The molecule has 1 aliphatic rings. The molecule has 0 N–H and O–H groups in total. The third-order valence-corrected chi connectivity index (χ3v) is 5.92. The third-order valence-electron chi connectivity index (χ3n) is 4.74. The Morgan fingerprint density at radius 2 is 2.12 bits per heavy atom. The van der Waals surface area contributed by atoms with E-state index in [4.69, 9.17) is 4.74 Å². The molecule has 0 aromatic carbocycles. The SMILES string of the molecule is CCOC(=O)c1sc2ncnc(N3CCC(n4cncn4)CC3)c2c1C. The van der Waals surface area contributed by atoms with Gasteiger partial charge in [0.05, 0.1) is 18.0 Å². The largest absolute Gasteiger partial charge is 0.462 e. The van der Waals surface area contributed by atoms with Crippen LogP contribution in [0, 0.1) is 6.92 Å². The van der Waals surface area contributed by atoms with E-state index in [2.05, 4.69) is 25.0 Å². The molecule has 0 spiro atoms. The Morgan fingerprint density at radius 1 is 1.31 bits per heavy atom. The summed E-state index contributed by atoms with van der Waals surface area (Å²) in [5, 5.41) is 5.21. The summed E-state index contributed by atoms with van der Waals surface area (Å²) in [6, 6.07) is 0.366. The molecule has 0 radical (unpaired) electrons. The highest BCUT2D eigenvalue weighted by atomic mass is 32.1. The minimum Gasteiger partial charge on any atom is -0.462 e. The van der Waals surface area contributed by atoms with Gasteiger partial charge in [-0.2, -0.15) is 5.10 Å². The molecule has 4 heterocycles. The monoisotopic (exact) mass is 372 g/mol. The maximum absolute atomic E-state index is 12.2. The summed E-state index contributed by atoms with van der Waals surface area (Å²) >= 11 is 1.37. The maximum atomic E-state index is 12.2. The molecule has 0 unspecified atom stereocenters.